The minimum absolute atomic E-state index is 0.0422. The molecule has 0 aliphatic rings. The van der Waals surface area contributed by atoms with E-state index in [9.17, 15) is 18.0 Å². The fourth-order valence-electron chi connectivity index (χ4n) is 1.20. The molecule has 0 N–H and O–H groups in total. The molecule has 0 amide bonds. The molecular weight excluding hydrogens is 253 g/mol. The normalized spacial score (nSPS) is 11.8. The van der Waals surface area contributed by atoms with Crippen molar-refractivity contribution >= 4 is 5.78 Å². The van der Waals surface area contributed by atoms with Gasteiger partial charge < -0.3 is 4.52 Å². The van der Waals surface area contributed by atoms with Crippen LogP contribution in [0.1, 0.15) is 5.89 Å². The Balaban J connectivity index is 2.14. The number of nitrogens with zero attached hydrogens (tertiary/aromatic N) is 4. The van der Waals surface area contributed by atoms with Crippen molar-refractivity contribution in [2.75, 3.05) is 0 Å². The lowest BCUT2D eigenvalue weighted by atomic mass is 10.3. The summed E-state index contributed by atoms with van der Waals surface area (Å²) < 4.78 is 42.1. The lowest BCUT2D eigenvalue weighted by Gasteiger charge is -2.00. The van der Waals surface area contributed by atoms with E-state index < -0.39 is 24.3 Å². The second kappa shape index (κ2) is 4.24. The third-order valence-electron chi connectivity index (χ3n) is 2.04. The Labute approximate surface area is 98.4 Å². The van der Waals surface area contributed by atoms with Crippen LogP contribution in [0.15, 0.2) is 16.8 Å². The number of Topliss-reactive ketones (excluding diaryl/α,β-unsaturated/α-hetero) is 1. The van der Waals surface area contributed by atoms with Crippen LogP contribution < -0.4 is 0 Å². The fraction of sp³-hybridized carbons (Fsp3) is 0.333. The van der Waals surface area contributed by atoms with E-state index in [-0.39, 0.29) is 5.82 Å². The van der Waals surface area contributed by atoms with E-state index in [1.165, 1.54) is 4.68 Å². The van der Waals surface area contributed by atoms with Crippen LogP contribution >= 0.6 is 0 Å². The molecule has 18 heavy (non-hydrogen) atoms. The Hall–Kier alpha value is -2.19. The Morgan fingerprint density at radius 2 is 2.22 bits per heavy atom. The molecule has 0 unspecified atom stereocenters. The first-order chi connectivity index (χ1) is 8.36. The van der Waals surface area contributed by atoms with E-state index in [1.54, 1.807) is 19.3 Å². The van der Waals surface area contributed by atoms with Gasteiger partial charge >= 0.3 is 6.18 Å². The molecule has 0 aliphatic heterocycles. The van der Waals surface area contributed by atoms with Gasteiger partial charge in [0, 0.05) is 13.2 Å². The predicted octanol–water partition coefficient (Wildman–Crippen LogP) is 1.14. The van der Waals surface area contributed by atoms with Crippen molar-refractivity contribution in [3.8, 4) is 11.5 Å². The van der Waals surface area contributed by atoms with E-state index in [0.29, 0.717) is 5.69 Å². The van der Waals surface area contributed by atoms with Gasteiger partial charge in [-0.15, -0.1) is 0 Å². The van der Waals surface area contributed by atoms with E-state index >= 15 is 0 Å². The number of hydrogen-bond donors (Lipinski definition) is 0. The standard InChI is InChI=1S/C9H7F3N4O2/c1-16-3-2-5(14-16)8-13-7(18-15-8)4-6(17)9(10,11)12/h2-3H,4H2,1H3. The summed E-state index contributed by atoms with van der Waals surface area (Å²) in [5, 5.41) is 7.40. The van der Waals surface area contributed by atoms with Crippen molar-refractivity contribution in [2.45, 2.75) is 12.6 Å². The second-order valence-electron chi connectivity index (χ2n) is 3.48. The van der Waals surface area contributed by atoms with E-state index in [4.69, 9.17) is 0 Å². The molecule has 2 aromatic rings. The minimum atomic E-state index is -4.90. The average molecular weight is 260 g/mol. The molecular formula is C9H7F3N4O2. The van der Waals surface area contributed by atoms with Gasteiger partial charge in [-0.1, -0.05) is 5.16 Å². The second-order valence-corrected chi connectivity index (χ2v) is 3.48. The van der Waals surface area contributed by atoms with Crippen LogP contribution in [0.4, 0.5) is 13.2 Å². The summed E-state index contributed by atoms with van der Waals surface area (Å²) in [6.45, 7) is 0. The van der Waals surface area contributed by atoms with E-state index in [1.807, 2.05) is 0 Å². The molecule has 2 aromatic heterocycles. The SMILES string of the molecule is Cn1ccc(-c2noc(CC(=O)C(F)(F)F)n2)n1. The number of alkyl halides is 3. The van der Waals surface area contributed by atoms with Gasteiger partial charge in [-0.3, -0.25) is 9.48 Å². The molecule has 0 aromatic carbocycles. The Bertz CT molecular complexity index is 572. The van der Waals surface area contributed by atoms with Crippen molar-refractivity contribution in [1.29, 1.82) is 0 Å². The zero-order valence-electron chi connectivity index (χ0n) is 9.10. The maximum atomic E-state index is 12.0. The summed E-state index contributed by atoms with van der Waals surface area (Å²) in [4.78, 5) is 14.4. The van der Waals surface area contributed by atoms with Crippen LogP contribution in [-0.4, -0.2) is 31.9 Å². The maximum Gasteiger partial charge on any atom is 0.450 e. The Morgan fingerprint density at radius 1 is 1.50 bits per heavy atom. The van der Waals surface area contributed by atoms with Gasteiger partial charge in [0.15, 0.2) is 0 Å². The van der Waals surface area contributed by atoms with Gasteiger partial charge in [0.25, 0.3) is 0 Å². The van der Waals surface area contributed by atoms with Gasteiger partial charge in [0.1, 0.15) is 5.69 Å². The lowest BCUT2D eigenvalue weighted by Crippen LogP contribution is -2.24. The van der Waals surface area contributed by atoms with Crippen molar-refractivity contribution in [3.05, 3.63) is 18.2 Å². The summed E-state index contributed by atoms with van der Waals surface area (Å²) in [5.41, 5.74) is 0.354. The number of ketones is 1. The molecule has 6 nitrogen and oxygen atoms in total. The zero-order chi connectivity index (χ0) is 13.3. The average Bonchev–Trinajstić information content (AvgIpc) is 2.85. The highest BCUT2D eigenvalue weighted by atomic mass is 19.4. The smallest absolute Gasteiger partial charge is 0.338 e. The Morgan fingerprint density at radius 3 is 2.78 bits per heavy atom. The first kappa shape index (κ1) is 12.3. The highest BCUT2D eigenvalue weighted by Crippen LogP contribution is 2.19. The number of rotatable bonds is 3. The molecule has 0 saturated carbocycles. The highest BCUT2D eigenvalue weighted by molar-refractivity contribution is 5.85. The number of halogens is 3. The summed E-state index contributed by atoms with van der Waals surface area (Å²) in [6.07, 6.45) is -4.25. The van der Waals surface area contributed by atoms with Crippen LogP contribution in [-0.2, 0) is 18.3 Å². The van der Waals surface area contributed by atoms with Crippen LogP contribution in [0.3, 0.4) is 0 Å². The van der Waals surface area contributed by atoms with Gasteiger partial charge in [0.05, 0.1) is 6.42 Å². The number of aryl methyl sites for hydroxylation is 1. The summed E-state index contributed by atoms with van der Waals surface area (Å²) in [5.74, 6) is -2.28. The fourth-order valence-corrected chi connectivity index (χ4v) is 1.20. The summed E-state index contributed by atoms with van der Waals surface area (Å²) in [6, 6.07) is 1.57. The van der Waals surface area contributed by atoms with E-state index in [0.717, 1.165) is 0 Å². The van der Waals surface area contributed by atoms with E-state index in [2.05, 4.69) is 19.8 Å². The van der Waals surface area contributed by atoms with Crippen molar-refractivity contribution in [3.63, 3.8) is 0 Å². The van der Waals surface area contributed by atoms with Crippen molar-refractivity contribution < 1.29 is 22.5 Å². The van der Waals surface area contributed by atoms with Crippen LogP contribution in [0, 0.1) is 0 Å². The molecule has 0 radical (unpaired) electrons. The minimum Gasteiger partial charge on any atom is -0.338 e. The number of aromatic nitrogens is 4. The predicted molar refractivity (Wildman–Crippen MR) is 51.3 cm³/mol. The molecule has 0 bridgehead atoms. The molecule has 0 saturated heterocycles. The molecule has 9 heteroatoms. The van der Waals surface area contributed by atoms with Crippen molar-refractivity contribution in [1.82, 2.24) is 19.9 Å². The third kappa shape index (κ3) is 2.55. The molecule has 96 valence electrons. The molecule has 0 spiro atoms. The van der Waals surface area contributed by atoms with Crippen LogP contribution in [0.2, 0.25) is 0 Å². The quantitative estimate of drug-likeness (QED) is 0.827. The number of carbonyl (C=O) groups excluding carboxylic acids is 1. The van der Waals surface area contributed by atoms with Gasteiger partial charge in [0.2, 0.25) is 17.5 Å². The zero-order valence-corrected chi connectivity index (χ0v) is 9.10. The topological polar surface area (TPSA) is 73.8 Å². The van der Waals surface area contributed by atoms with Gasteiger partial charge in [-0.05, 0) is 6.07 Å². The monoisotopic (exact) mass is 260 g/mol. The third-order valence-corrected chi connectivity index (χ3v) is 2.04. The molecule has 2 rings (SSSR count). The number of carbonyl (C=O) groups is 1. The molecule has 0 atom stereocenters. The first-order valence-electron chi connectivity index (χ1n) is 4.79. The molecule has 0 aliphatic carbocycles. The molecule has 0 fully saturated rings. The largest absolute Gasteiger partial charge is 0.450 e. The number of hydrogen-bond acceptors (Lipinski definition) is 5. The summed E-state index contributed by atoms with van der Waals surface area (Å²) >= 11 is 0. The Kier molecular flexibility index (Phi) is 2.89. The summed E-state index contributed by atoms with van der Waals surface area (Å²) in [7, 11) is 1.66. The first-order valence-corrected chi connectivity index (χ1v) is 4.79. The van der Waals surface area contributed by atoms with Gasteiger partial charge in [-0.2, -0.15) is 23.3 Å². The van der Waals surface area contributed by atoms with Crippen molar-refractivity contribution in [2.24, 2.45) is 7.05 Å². The van der Waals surface area contributed by atoms with Crippen LogP contribution in [0.5, 0.6) is 0 Å². The maximum absolute atomic E-state index is 12.0. The van der Waals surface area contributed by atoms with Crippen LogP contribution in [0.25, 0.3) is 11.5 Å². The van der Waals surface area contributed by atoms with Gasteiger partial charge in [-0.25, -0.2) is 0 Å². The lowest BCUT2D eigenvalue weighted by molar-refractivity contribution is -0.170. The molecule has 2 heterocycles. The highest BCUT2D eigenvalue weighted by Gasteiger charge is 2.39.